The fourth-order valence-corrected chi connectivity index (χ4v) is 1.50. The van der Waals surface area contributed by atoms with E-state index in [2.05, 4.69) is 0 Å². The maximum Gasteiger partial charge on any atom is 0.146 e. The Morgan fingerprint density at radius 2 is 2.00 bits per heavy atom. The van der Waals surface area contributed by atoms with Gasteiger partial charge in [-0.3, -0.25) is 0 Å². The SMILES string of the molecule is CN(CC(C)(C)C=O)c1ccccc1F. The summed E-state index contributed by atoms with van der Waals surface area (Å²) in [5.74, 6) is -0.262. The maximum absolute atomic E-state index is 13.4. The molecule has 0 spiro atoms. The molecule has 82 valence electrons. The molecule has 0 N–H and O–H groups in total. The second-order valence-corrected chi connectivity index (χ2v) is 4.41. The van der Waals surface area contributed by atoms with Crippen LogP contribution in [0.15, 0.2) is 24.3 Å². The maximum atomic E-state index is 13.4. The average molecular weight is 209 g/mol. The van der Waals surface area contributed by atoms with E-state index in [9.17, 15) is 9.18 Å². The summed E-state index contributed by atoms with van der Waals surface area (Å²) in [5.41, 5.74) is 0.0595. The number of para-hydroxylation sites is 1. The molecule has 2 nitrogen and oxygen atoms in total. The van der Waals surface area contributed by atoms with Crippen LogP contribution >= 0.6 is 0 Å². The zero-order valence-electron chi connectivity index (χ0n) is 9.33. The van der Waals surface area contributed by atoms with E-state index in [1.54, 1.807) is 30.1 Å². The lowest BCUT2D eigenvalue weighted by Crippen LogP contribution is -2.32. The number of aldehydes is 1. The van der Waals surface area contributed by atoms with Crippen molar-refractivity contribution in [3.05, 3.63) is 30.1 Å². The molecule has 0 fully saturated rings. The lowest BCUT2D eigenvalue weighted by Gasteiger charge is -2.27. The van der Waals surface area contributed by atoms with Crippen LogP contribution in [0.25, 0.3) is 0 Å². The van der Waals surface area contributed by atoms with Crippen LogP contribution in [0.3, 0.4) is 0 Å². The van der Waals surface area contributed by atoms with E-state index in [0.717, 1.165) is 6.29 Å². The molecule has 0 heterocycles. The number of carbonyl (C=O) groups is 1. The highest BCUT2D eigenvalue weighted by atomic mass is 19.1. The van der Waals surface area contributed by atoms with Crippen LogP contribution in [-0.4, -0.2) is 19.9 Å². The predicted molar refractivity (Wildman–Crippen MR) is 59.5 cm³/mol. The van der Waals surface area contributed by atoms with Crippen LogP contribution < -0.4 is 4.90 Å². The molecule has 15 heavy (non-hydrogen) atoms. The molecule has 0 aliphatic rings. The van der Waals surface area contributed by atoms with E-state index >= 15 is 0 Å². The first-order valence-corrected chi connectivity index (χ1v) is 4.88. The number of rotatable bonds is 4. The molecule has 3 heteroatoms. The zero-order valence-corrected chi connectivity index (χ0v) is 9.33. The van der Waals surface area contributed by atoms with Crippen LogP contribution in [0.2, 0.25) is 0 Å². The minimum absolute atomic E-state index is 0.262. The molecule has 0 atom stereocenters. The van der Waals surface area contributed by atoms with E-state index in [-0.39, 0.29) is 5.82 Å². The van der Waals surface area contributed by atoms with Crippen molar-refractivity contribution in [3.63, 3.8) is 0 Å². The molecular formula is C12H16FNO. The first-order chi connectivity index (χ1) is 6.96. The van der Waals surface area contributed by atoms with Crippen LogP contribution in [0.5, 0.6) is 0 Å². The highest BCUT2D eigenvalue weighted by Crippen LogP contribution is 2.21. The molecule has 0 saturated heterocycles. The summed E-state index contributed by atoms with van der Waals surface area (Å²) in [4.78, 5) is 12.5. The standard InChI is InChI=1S/C12H16FNO/c1-12(2,9-15)8-14(3)11-7-5-4-6-10(11)13/h4-7,9H,8H2,1-3H3. The normalized spacial score (nSPS) is 11.2. The molecule has 0 radical (unpaired) electrons. The Hall–Kier alpha value is -1.38. The number of anilines is 1. The topological polar surface area (TPSA) is 20.3 Å². The average Bonchev–Trinajstić information content (AvgIpc) is 2.17. The van der Waals surface area contributed by atoms with Crippen molar-refractivity contribution >= 4 is 12.0 Å². The second-order valence-electron chi connectivity index (χ2n) is 4.41. The minimum Gasteiger partial charge on any atom is -0.371 e. The molecule has 0 amide bonds. The van der Waals surface area contributed by atoms with Gasteiger partial charge in [-0.2, -0.15) is 0 Å². The highest BCUT2D eigenvalue weighted by molar-refractivity contribution is 5.60. The Balaban J connectivity index is 2.82. The smallest absolute Gasteiger partial charge is 0.146 e. The Morgan fingerprint density at radius 3 is 2.53 bits per heavy atom. The Kier molecular flexibility index (Phi) is 3.45. The van der Waals surface area contributed by atoms with E-state index < -0.39 is 5.41 Å². The largest absolute Gasteiger partial charge is 0.371 e. The van der Waals surface area contributed by atoms with Crippen LogP contribution in [0.4, 0.5) is 10.1 Å². The van der Waals surface area contributed by atoms with E-state index in [1.165, 1.54) is 6.07 Å². The third-order valence-electron chi connectivity index (χ3n) is 2.23. The minimum atomic E-state index is -0.461. The fraction of sp³-hybridized carbons (Fsp3) is 0.417. The summed E-state index contributed by atoms with van der Waals surface area (Å²) < 4.78 is 13.4. The molecule has 0 bridgehead atoms. The van der Waals surface area contributed by atoms with Gasteiger partial charge in [-0.05, 0) is 12.1 Å². The number of benzene rings is 1. The van der Waals surface area contributed by atoms with E-state index in [0.29, 0.717) is 12.2 Å². The van der Waals surface area contributed by atoms with Gasteiger partial charge in [-0.1, -0.05) is 26.0 Å². The van der Waals surface area contributed by atoms with Gasteiger partial charge >= 0.3 is 0 Å². The van der Waals surface area contributed by atoms with Crippen LogP contribution in [0, 0.1) is 11.2 Å². The Morgan fingerprint density at radius 1 is 1.40 bits per heavy atom. The van der Waals surface area contributed by atoms with E-state index in [4.69, 9.17) is 0 Å². The van der Waals surface area contributed by atoms with Gasteiger partial charge < -0.3 is 9.69 Å². The van der Waals surface area contributed by atoms with Gasteiger partial charge in [0, 0.05) is 19.0 Å². The van der Waals surface area contributed by atoms with Crippen molar-refractivity contribution in [2.75, 3.05) is 18.5 Å². The zero-order chi connectivity index (χ0) is 11.5. The molecule has 0 saturated carbocycles. The van der Waals surface area contributed by atoms with Crippen molar-refractivity contribution in [3.8, 4) is 0 Å². The summed E-state index contributed by atoms with van der Waals surface area (Å²) >= 11 is 0. The Bertz CT molecular complexity index is 349. The van der Waals surface area contributed by atoms with Crippen molar-refractivity contribution in [1.82, 2.24) is 0 Å². The second kappa shape index (κ2) is 4.43. The quantitative estimate of drug-likeness (QED) is 0.710. The van der Waals surface area contributed by atoms with Crippen molar-refractivity contribution < 1.29 is 9.18 Å². The summed E-state index contributed by atoms with van der Waals surface area (Å²) in [6.07, 6.45) is 0.893. The summed E-state index contributed by atoms with van der Waals surface area (Å²) in [6, 6.07) is 6.55. The number of hydrogen-bond acceptors (Lipinski definition) is 2. The first kappa shape index (κ1) is 11.7. The summed E-state index contributed by atoms with van der Waals surface area (Å²) in [6.45, 7) is 4.16. The van der Waals surface area contributed by atoms with Crippen LogP contribution in [0.1, 0.15) is 13.8 Å². The molecular weight excluding hydrogens is 193 g/mol. The summed E-state index contributed by atoms with van der Waals surface area (Å²) in [5, 5.41) is 0. The molecule has 0 unspecified atom stereocenters. The Labute approximate surface area is 89.7 Å². The van der Waals surface area contributed by atoms with Crippen molar-refractivity contribution in [2.24, 2.45) is 5.41 Å². The number of halogens is 1. The highest BCUT2D eigenvalue weighted by Gasteiger charge is 2.20. The van der Waals surface area contributed by atoms with Gasteiger partial charge in [-0.15, -0.1) is 0 Å². The number of nitrogens with zero attached hydrogens (tertiary/aromatic N) is 1. The fourth-order valence-electron chi connectivity index (χ4n) is 1.50. The van der Waals surface area contributed by atoms with Gasteiger partial charge in [0.1, 0.15) is 12.1 Å². The monoisotopic (exact) mass is 209 g/mol. The number of hydrogen-bond donors (Lipinski definition) is 0. The third kappa shape index (κ3) is 3.05. The number of carbonyl (C=O) groups excluding carboxylic acids is 1. The lowest BCUT2D eigenvalue weighted by molar-refractivity contribution is -0.114. The van der Waals surface area contributed by atoms with Gasteiger partial charge in [0.05, 0.1) is 5.69 Å². The molecule has 0 aromatic heterocycles. The molecule has 1 aromatic carbocycles. The molecule has 1 aromatic rings. The van der Waals surface area contributed by atoms with Gasteiger partial charge in [0.25, 0.3) is 0 Å². The lowest BCUT2D eigenvalue weighted by atomic mass is 9.95. The van der Waals surface area contributed by atoms with Gasteiger partial charge in [-0.25, -0.2) is 4.39 Å². The molecule has 0 aliphatic carbocycles. The van der Waals surface area contributed by atoms with Gasteiger partial charge in [0.2, 0.25) is 0 Å². The van der Waals surface area contributed by atoms with E-state index in [1.807, 2.05) is 13.8 Å². The van der Waals surface area contributed by atoms with Crippen molar-refractivity contribution in [2.45, 2.75) is 13.8 Å². The van der Waals surface area contributed by atoms with Gasteiger partial charge in [0.15, 0.2) is 0 Å². The predicted octanol–water partition coefficient (Wildman–Crippen LogP) is 2.49. The molecule has 0 aliphatic heterocycles. The summed E-state index contributed by atoms with van der Waals surface area (Å²) in [7, 11) is 1.78. The van der Waals surface area contributed by atoms with Crippen molar-refractivity contribution in [1.29, 1.82) is 0 Å². The first-order valence-electron chi connectivity index (χ1n) is 4.88. The van der Waals surface area contributed by atoms with Crippen LogP contribution in [-0.2, 0) is 4.79 Å². The molecule has 1 rings (SSSR count). The third-order valence-corrected chi connectivity index (χ3v) is 2.23.